The minimum atomic E-state index is -0.862. The highest BCUT2D eigenvalue weighted by molar-refractivity contribution is 5.73. The van der Waals surface area contributed by atoms with Gasteiger partial charge in [-0.1, -0.05) is 67.5 Å². The Balaban J connectivity index is 1.22. The molecule has 6 rings (SSSR count). The molecule has 0 aromatic rings. The van der Waals surface area contributed by atoms with E-state index in [1.165, 1.54) is 95.7 Å². The number of allylic oxidation sites excluding steroid dienone is 1. The van der Waals surface area contributed by atoms with Gasteiger partial charge < -0.3 is 14.7 Å². The lowest BCUT2D eigenvalue weighted by Crippen LogP contribution is -2.66. The quantitative estimate of drug-likeness (QED) is 0.164. The minimum absolute atomic E-state index is 0.0241. The summed E-state index contributed by atoms with van der Waals surface area (Å²) in [5, 5.41) is 9.35. The number of esters is 1. The van der Waals surface area contributed by atoms with E-state index in [0.717, 1.165) is 30.7 Å². The Labute approximate surface area is 300 Å². The van der Waals surface area contributed by atoms with Crippen molar-refractivity contribution in [1.29, 1.82) is 0 Å². The van der Waals surface area contributed by atoms with Gasteiger partial charge in [0, 0.05) is 11.5 Å². The van der Waals surface area contributed by atoms with Crippen LogP contribution in [0.5, 0.6) is 0 Å². The van der Waals surface area contributed by atoms with E-state index in [2.05, 4.69) is 59.9 Å². The lowest BCUT2D eigenvalue weighted by atomic mass is 9.32. The van der Waals surface area contributed by atoms with E-state index in [1.807, 2.05) is 13.8 Å². The Morgan fingerprint density at radius 2 is 1.55 bits per heavy atom. The van der Waals surface area contributed by atoms with Crippen molar-refractivity contribution in [2.75, 3.05) is 13.1 Å². The predicted molar refractivity (Wildman–Crippen MR) is 199 cm³/mol. The molecule has 0 saturated heterocycles. The van der Waals surface area contributed by atoms with Crippen LogP contribution in [-0.4, -0.2) is 47.2 Å². The molecule has 6 aliphatic rings. The number of carbonyl (C=O) groups is 2. The van der Waals surface area contributed by atoms with Crippen LogP contribution in [-0.2, 0) is 14.3 Å². The van der Waals surface area contributed by atoms with Crippen LogP contribution in [0.15, 0.2) is 12.2 Å². The molecule has 0 aromatic heterocycles. The predicted octanol–water partition coefficient (Wildman–Crippen LogP) is 10.7. The van der Waals surface area contributed by atoms with Gasteiger partial charge in [-0.05, 0) is 167 Å². The largest absolute Gasteiger partial charge is 0.481 e. The number of carboxylic acids is 1. The molecule has 5 nitrogen and oxygen atoms in total. The third-order valence-electron chi connectivity index (χ3n) is 17.2. The molecule has 0 aliphatic heterocycles. The van der Waals surface area contributed by atoms with E-state index in [-0.39, 0.29) is 35.7 Å². The van der Waals surface area contributed by atoms with Crippen LogP contribution in [0.2, 0.25) is 0 Å². The van der Waals surface area contributed by atoms with Gasteiger partial charge in [-0.25, -0.2) is 0 Å². The van der Waals surface area contributed by atoms with Crippen molar-refractivity contribution in [3.05, 3.63) is 12.2 Å². The van der Waals surface area contributed by atoms with Crippen LogP contribution in [0.25, 0.3) is 0 Å². The molecule has 6 saturated carbocycles. The Morgan fingerprint density at radius 1 is 0.837 bits per heavy atom. The number of fused-ring (bicyclic) bond motifs is 7. The maximum absolute atomic E-state index is 13.2. The molecular weight excluding hydrogens is 606 g/mol. The van der Waals surface area contributed by atoms with E-state index < -0.39 is 11.4 Å². The second-order valence-electron chi connectivity index (χ2n) is 20.8. The molecule has 6 aliphatic carbocycles. The van der Waals surface area contributed by atoms with Crippen LogP contribution in [0, 0.1) is 62.1 Å². The first-order valence-corrected chi connectivity index (χ1v) is 20.6. The first kappa shape index (κ1) is 37.4. The summed E-state index contributed by atoms with van der Waals surface area (Å²) < 4.78 is 6.31. The van der Waals surface area contributed by atoms with Crippen LogP contribution < -0.4 is 0 Å². The van der Waals surface area contributed by atoms with Crippen molar-refractivity contribution in [3.8, 4) is 0 Å². The monoisotopic (exact) mass is 680 g/mol. The zero-order chi connectivity index (χ0) is 35.8. The summed E-state index contributed by atoms with van der Waals surface area (Å²) in [5.41, 5.74) is 2.12. The van der Waals surface area contributed by atoms with Crippen LogP contribution in [0.3, 0.4) is 0 Å². The van der Waals surface area contributed by atoms with E-state index >= 15 is 0 Å². The van der Waals surface area contributed by atoms with Crippen molar-refractivity contribution in [2.24, 2.45) is 62.1 Å². The van der Waals surface area contributed by atoms with Crippen LogP contribution in [0.4, 0.5) is 0 Å². The van der Waals surface area contributed by atoms with Crippen LogP contribution in [0.1, 0.15) is 165 Å². The summed E-state index contributed by atoms with van der Waals surface area (Å²) >= 11 is 0. The van der Waals surface area contributed by atoms with Gasteiger partial charge in [0.15, 0.2) is 0 Å². The Hall–Kier alpha value is -1.36. The molecule has 0 amide bonds. The molecule has 5 heteroatoms. The molecule has 0 aromatic carbocycles. The summed E-state index contributed by atoms with van der Waals surface area (Å²) in [6.45, 7) is 28.5. The number of rotatable bonds is 12. The van der Waals surface area contributed by atoms with E-state index in [0.29, 0.717) is 34.0 Å². The molecular formula is C44H73NO4. The maximum Gasteiger partial charge on any atom is 0.306 e. The number of carboxylic acid groups (broad SMARTS) is 1. The Bertz CT molecular complexity index is 1280. The smallest absolute Gasteiger partial charge is 0.306 e. The Morgan fingerprint density at radius 3 is 2.18 bits per heavy atom. The summed E-state index contributed by atoms with van der Waals surface area (Å²) in [4.78, 5) is 27.5. The normalized spacial score (nSPS) is 42.8. The highest BCUT2D eigenvalue weighted by Gasteiger charge is 2.71. The standard InChI is InChI=1S/C44H73NO4/c1-11-25-45(30-12-13-30)26-24-44-21-16-31(29(2)3)38(44)32-14-15-34-41(8)19-18-35(49-37(48)28-39(4,5)27-36(46)47)40(6,7)33(41)17-20-43(34,10)42(32,9)22-23-44/h30-35,38H,2,11-28H2,1,3-10H3,(H,46,47)/t31?,32-,33?,34?,35?,38?,41+,42-,43-,44-/m1/s1. The number of hydrogen-bond acceptors (Lipinski definition) is 4. The first-order chi connectivity index (χ1) is 22.8. The van der Waals surface area contributed by atoms with Gasteiger partial charge in [-0.3, -0.25) is 9.59 Å². The van der Waals surface area contributed by atoms with Gasteiger partial charge in [0.2, 0.25) is 0 Å². The molecule has 49 heavy (non-hydrogen) atoms. The SMILES string of the molecule is C=C(C)C1CC[C@]2(CCN(CCC)C3CC3)CC[C@]3(C)[C@H](CCC4[C@@]5(C)CCC(OC(=O)CC(C)(C)CC(=O)O)C(C)(C)C5CC[C@]43C)C12. The van der Waals surface area contributed by atoms with Crippen molar-refractivity contribution in [2.45, 2.75) is 177 Å². The molecule has 6 fully saturated rings. The fraction of sp³-hybridized carbons (Fsp3) is 0.909. The van der Waals surface area contributed by atoms with E-state index in [4.69, 9.17) is 4.74 Å². The van der Waals surface area contributed by atoms with Gasteiger partial charge in [0.05, 0.1) is 12.8 Å². The number of hydrogen-bond donors (Lipinski definition) is 1. The van der Waals surface area contributed by atoms with Gasteiger partial charge in [-0.2, -0.15) is 0 Å². The molecule has 278 valence electrons. The molecule has 0 heterocycles. The molecule has 0 bridgehead atoms. The van der Waals surface area contributed by atoms with Gasteiger partial charge >= 0.3 is 11.9 Å². The maximum atomic E-state index is 13.2. The van der Waals surface area contributed by atoms with Gasteiger partial charge in [0.1, 0.15) is 6.10 Å². The highest BCUT2D eigenvalue weighted by atomic mass is 16.5. The average Bonchev–Trinajstić information content (AvgIpc) is 3.76. The number of carbonyl (C=O) groups excluding carboxylic acids is 1. The van der Waals surface area contributed by atoms with E-state index in [9.17, 15) is 14.7 Å². The zero-order valence-corrected chi connectivity index (χ0v) is 33.1. The number of aliphatic carboxylic acids is 1. The third kappa shape index (κ3) is 6.28. The van der Waals surface area contributed by atoms with Gasteiger partial charge in [-0.15, -0.1) is 0 Å². The molecule has 5 unspecified atom stereocenters. The lowest BCUT2D eigenvalue weighted by Gasteiger charge is -2.73. The van der Waals surface area contributed by atoms with Crippen molar-refractivity contribution in [1.82, 2.24) is 4.90 Å². The lowest BCUT2D eigenvalue weighted by molar-refractivity contribution is -0.250. The summed E-state index contributed by atoms with van der Waals surface area (Å²) in [7, 11) is 0. The molecule has 10 atom stereocenters. The average molecular weight is 680 g/mol. The fourth-order valence-corrected chi connectivity index (χ4v) is 14.5. The van der Waals surface area contributed by atoms with Crippen LogP contribution >= 0.6 is 0 Å². The second kappa shape index (κ2) is 12.9. The summed E-state index contributed by atoms with van der Waals surface area (Å²) in [6.07, 6.45) is 18.3. The molecule has 0 spiro atoms. The highest BCUT2D eigenvalue weighted by Crippen LogP contribution is 2.78. The third-order valence-corrected chi connectivity index (χ3v) is 17.2. The fourth-order valence-electron chi connectivity index (χ4n) is 14.5. The van der Waals surface area contributed by atoms with Crippen molar-refractivity contribution in [3.63, 3.8) is 0 Å². The summed E-state index contributed by atoms with van der Waals surface area (Å²) in [5.74, 6) is 2.36. The topological polar surface area (TPSA) is 66.8 Å². The summed E-state index contributed by atoms with van der Waals surface area (Å²) in [6, 6.07) is 0.860. The zero-order valence-electron chi connectivity index (χ0n) is 33.1. The molecule has 1 N–H and O–H groups in total. The first-order valence-electron chi connectivity index (χ1n) is 20.6. The van der Waals surface area contributed by atoms with Gasteiger partial charge in [0.25, 0.3) is 0 Å². The second-order valence-corrected chi connectivity index (χ2v) is 20.8. The minimum Gasteiger partial charge on any atom is -0.481 e. The number of ether oxygens (including phenoxy) is 1. The number of nitrogens with zero attached hydrogens (tertiary/aromatic N) is 1. The van der Waals surface area contributed by atoms with Crippen molar-refractivity contribution >= 4 is 11.9 Å². The Kier molecular flexibility index (Phi) is 9.88. The van der Waals surface area contributed by atoms with Crippen molar-refractivity contribution < 1.29 is 19.4 Å². The molecule has 0 radical (unpaired) electrons. The van der Waals surface area contributed by atoms with E-state index in [1.54, 1.807) is 0 Å².